The van der Waals surface area contributed by atoms with Gasteiger partial charge in [-0.15, -0.1) is 0 Å². The average molecular weight is 595 g/mol. The summed E-state index contributed by atoms with van der Waals surface area (Å²) in [5.41, 5.74) is 0. The first kappa shape index (κ1) is 40.4. The van der Waals surface area contributed by atoms with E-state index in [1.165, 1.54) is 37.3 Å². The van der Waals surface area contributed by atoms with E-state index in [0.29, 0.717) is 106 Å². The Bertz CT molecular complexity index is 435. The summed E-state index contributed by atoms with van der Waals surface area (Å²) in [6, 6.07) is 0. The van der Waals surface area contributed by atoms with Crippen LogP contribution < -0.4 is 18.9 Å². The summed E-state index contributed by atoms with van der Waals surface area (Å²) in [5, 5.41) is 0. The molecule has 0 saturated carbocycles. The minimum atomic E-state index is 0. The normalized spacial score (nSPS) is 26.4. The molecule has 10 heteroatoms. The van der Waals surface area contributed by atoms with E-state index < -0.39 is 0 Å². The third-order valence-electron chi connectivity index (χ3n) is 9.34. The molecule has 8 nitrogen and oxygen atoms in total. The first-order chi connectivity index (χ1) is 20.3. The maximum absolute atomic E-state index is 5.22. The minimum absolute atomic E-state index is 0. The van der Waals surface area contributed by atoms with Gasteiger partial charge in [0.2, 0.25) is 0 Å². The van der Waals surface area contributed by atoms with Crippen LogP contribution in [0.2, 0.25) is 24.3 Å². The molecule has 0 radical (unpaired) electrons. The number of rotatable bonds is 6. The Hall–Kier alpha value is 0.342. The average Bonchev–Trinajstić information content (AvgIpc) is 2.96. The second-order valence-electron chi connectivity index (χ2n) is 12.0. The third kappa shape index (κ3) is 18.3. The van der Waals surface area contributed by atoms with Gasteiger partial charge in [0.15, 0.2) is 0 Å². The predicted molar refractivity (Wildman–Crippen MR) is 167 cm³/mol. The molecule has 0 spiro atoms. The summed E-state index contributed by atoms with van der Waals surface area (Å²) in [4.78, 5) is 0. The molecule has 4 heterocycles. The smallest absolute Gasteiger partial charge is 0.377 e. The molecule has 0 N–H and O–H groups in total. The Morgan fingerprint density at radius 2 is 0.619 bits per heavy atom. The molecule has 244 valence electrons. The molecular formula is C32H64BLiO8. The standard InChI is InChI=1S/C16H32B.2C8H16O4.Li/c1-3-5-13-17(14-6-4-2)15-9-7-10-16(17)12-8-11-15;2*1-2-10-5-6-12-8-7-11-4-3-9-1;/h15-16H,3-14H2,1-2H3;2*1-8H2;/q-1;;;+1. The zero-order chi connectivity index (χ0) is 29.1. The summed E-state index contributed by atoms with van der Waals surface area (Å²) in [5.74, 6) is 2.33. The van der Waals surface area contributed by atoms with Crippen LogP contribution in [0, 0.1) is 0 Å². The van der Waals surface area contributed by atoms with E-state index in [1.54, 1.807) is 51.2 Å². The summed E-state index contributed by atoms with van der Waals surface area (Å²) in [6.07, 6.45) is 18.6. The van der Waals surface area contributed by atoms with Crippen LogP contribution in [-0.2, 0) is 37.9 Å². The number of unbranched alkanes of at least 4 members (excludes halogenated alkanes) is 2. The van der Waals surface area contributed by atoms with Gasteiger partial charge in [-0.25, -0.2) is 0 Å². The van der Waals surface area contributed by atoms with Gasteiger partial charge in [0, 0.05) is 6.15 Å². The van der Waals surface area contributed by atoms with Gasteiger partial charge in [-0.1, -0.05) is 78.1 Å². The Kier molecular flexibility index (Phi) is 27.7. The fourth-order valence-electron chi connectivity index (χ4n) is 7.30. The van der Waals surface area contributed by atoms with Gasteiger partial charge in [0.05, 0.1) is 106 Å². The van der Waals surface area contributed by atoms with E-state index in [9.17, 15) is 0 Å². The van der Waals surface area contributed by atoms with E-state index in [0.717, 1.165) is 0 Å². The Balaban J connectivity index is 0.000000319. The molecule has 0 aromatic heterocycles. The van der Waals surface area contributed by atoms with Crippen LogP contribution in [0.25, 0.3) is 0 Å². The van der Waals surface area contributed by atoms with Crippen LogP contribution in [0.3, 0.4) is 0 Å². The summed E-state index contributed by atoms with van der Waals surface area (Å²) >= 11 is 0. The molecule has 0 aromatic carbocycles. The number of fused-ring (bicyclic) bond motifs is 2. The molecule has 4 saturated heterocycles. The van der Waals surface area contributed by atoms with Gasteiger partial charge in [-0.05, 0) is 0 Å². The Morgan fingerprint density at radius 3 is 0.810 bits per heavy atom. The van der Waals surface area contributed by atoms with Crippen LogP contribution in [0.4, 0.5) is 0 Å². The van der Waals surface area contributed by atoms with Crippen LogP contribution in [0.5, 0.6) is 0 Å². The molecule has 4 rings (SSSR count). The van der Waals surface area contributed by atoms with Crippen molar-refractivity contribution in [1.29, 1.82) is 0 Å². The van der Waals surface area contributed by atoms with Crippen molar-refractivity contribution in [3.05, 3.63) is 0 Å². The van der Waals surface area contributed by atoms with Crippen molar-refractivity contribution < 1.29 is 56.8 Å². The van der Waals surface area contributed by atoms with Crippen molar-refractivity contribution in [3.63, 3.8) is 0 Å². The summed E-state index contributed by atoms with van der Waals surface area (Å²) in [7, 11) is 0. The molecule has 0 unspecified atom stereocenters. The molecule has 0 aliphatic carbocycles. The summed E-state index contributed by atoms with van der Waals surface area (Å²) in [6.45, 7) is 15.0. The van der Waals surface area contributed by atoms with Crippen molar-refractivity contribution >= 4 is 6.15 Å². The Morgan fingerprint density at radius 1 is 0.405 bits per heavy atom. The third-order valence-corrected chi connectivity index (χ3v) is 9.34. The minimum Gasteiger partial charge on any atom is -0.377 e. The maximum Gasteiger partial charge on any atom is 1.00 e. The van der Waals surface area contributed by atoms with Crippen molar-refractivity contribution in [2.45, 2.75) is 102 Å². The van der Waals surface area contributed by atoms with Crippen molar-refractivity contribution in [2.75, 3.05) is 106 Å². The molecule has 42 heavy (non-hydrogen) atoms. The van der Waals surface area contributed by atoms with Crippen molar-refractivity contribution in [2.24, 2.45) is 0 Å². The van der Waals surface area contributed by atoms with E-state index in [1.807, 2.05) is 0 Å². The van der Waals surface area contributed by atoms with Gasteiger partial charge >= 0.3 is 18.9 Å². The largest absolute Gasteiger partial charge is 1.00 e. The first-order valence-electron chi connectivity index (χ1n) is 17.1. The van der Waals surface area contributed by atoms with Gasteiger partial charge < -0.3 is 37.9 Å². The molecule has 0 aromatic rings. The number of ether oxygens (including phenoxy) is 8. The summed E-state index contributed by atoms with van der Waals surface area (Å²) < 4.78 is 41.7. The zero-order valence-corrected chi connectivity index (χ0v) is 27.8. The van der Waals surface area contributed by atoms with Gasteiger partial charge in [0.25, 0.3) is 0 Å². The second-order valence-corrected chi connectivity index (χ2v) is 12.0. The van der Waals surface area contributed by atoms with Crippen LogP contribution in [0.15, 0.2) is 0 Å². The molecule has 0 atom stereocenters. The maximum atomic E-state index is 5.22. The number of hydrogen-bond acceptors (Lipinski definition) is 8. The molecule has 4 aliphatic heterocycles. The Labute approximate surface area is 270 Å². The van der Waals surface area contributed by atoms with E-state index in [2.05, 4.69) is 13.8 Å². The van der Waals surface area contributed by atoms with Crippen molar-refractivity contribution in [3.8, 4) is 0 Å². The SMILES string of the molecule is C1COCCOCCOCCO1.C1COCCOCCOCCO1.CCCC[B-]1(CCCC)C2CCCC1CCC2.[Li+]. The molecule has 4 fully saturated rings. The first-order valence-corrected chi connectivity index (χ1v) is 17.1. The van der Waals surface area contributed by atoms with Gasteiger partial charge in [-0.3, -0.25) is 0 Å². The quantitative estimate of drug-likeness (QED) is 0.434. The molecule has 2 bridgehead atoms. The van der Waals surface area contributed by atoms with E-state index in [4.69, 9.17) is 37.9 Å². The second kappa shape index (κ2) is 28.8. The van der Waals surface area contributed by atoms with Crippen LogP contribution >= 0.6 is 0 Å². The predicted octanol–water partition coefficient (Wildman–Crippen LogP) is 3.28. The molecular weight excluding hydrogens is 530 g/mol. The number of hydrogen-bond donors (Lipinski definition) is 0. The van der Waals surface area contributed by atoms with Gasteiger partial charge in [-0.2, -0.15) is 24.3 Å². The van der Waals surface area contributed by atoms with Crippen LogP contribution in [-0.4, -0.2) is 112 Å². The van der Waals surface area contributed by atoms with E-state index in [-0.39, 0.29) is 25.0 Å². The fraction of sp³-hybridized carbons (Fsp3) is 1.00. The van der Waals surface area contributed by atoms with Gasteiger partial charge in [0.1, 0.15) is 0 Å². The molecule has 4 aliphatic rings. The topological polar surface area (TPSA) is 73.8 Å². The monoisotopic (exact) mass is 594 g/mol. The zero-order valence-electron chi connectivity index (χ0n) is 27.8. The van der Waals surface area contributed by atoms with Crippen molar-refractivity contribution in [1.82, 2.24) is 0 Å². The molecule has 0 amide bonds. The van der Waals surface area contributed by atoms with Crippen LogP contribution in [0.1, 0.15) is 78.1 Å². The van der Waals surface area contributed by atoms with E-state index >= 15 is 0 Å². The fourth-order valence-corrected chi connectivity index (χ4v) is 7.30.